The van der Waals surface area contributed by atoms with Gasteiger partial charge in [-0.3, -0.25) is 0 Å². The number of hydrogen-bond donors (Lipinski definition) is 2. The van der Waals surface area contributed by atoms with Crippen molar-refractivity contribution in [3.8, 4) is 5.75 Å². The summed E-state index contributed by atoms with van der Waals surface area (Å²) in [5, 5.41) is 13.0. The summed E-state index contributed by atoms with van der Waals surface area (Å²) in [4.78, 5) is 0. The number of aliphatic hydroxyl groups excluding tert-OH is 1. The summed E-state index contributed by atoms with van der Waals surface area (Å²) < 4.78 is 16.5. The molecule has 0 aromatic heterocycles. The van der Waals surface area contributed by atoms with E-state index in [1.54, 1.807) is 0 Å². The number of ether oxygens (including phenoxy) is 3. The molecule has 0 aliphatic rings. The molecule has 1 aromatic carbocycles. The molecule has 24 heavy (non-hydrogen) atoms. The van der Waals surface area contributed by atoms with Crippen LogP contribution in [-0.4, -0.2) is 49.7 Å². The van der Waals surface area contributed by atoms with Crippen LogP contribution in [0.5, 0.6) is 5.75 Å². The molecule has 1 atom stereocenters. The van der Waals surface area contributed by atoms with Gasteiger partial charge in [0.25, 0.3) is 0 Å². The molecule has 0 bridgehead atoms. The molecule has 0 amide bonds. The number of rotatable bonds is 12. The van der Waals surface area contributed by atoms with Crippen molar-refractivity contribution in [3.05, 3.63) is 29.8 Å². The van der Waals surface area contributed by atoms with Gasteiger partial charge in [-0.25, -0.2) is 0 Å². The molecular formula is C18H31NO4Zn. The van der Waals surface area contributed by atoms with Gasteiger partial charge in [-0.05, 0) is 31.5 Å². The molecule has 0 radical (unpaired) electrons. The van der Waals surface area contributed by atoms with Crippen LogP contribution in [0.4, 0.5) is 0 Å². The SMILES string of the molecule is CC(C)NCC(O)COc1ccc(COCCOC(C)C)cc1.[Zn]. The van der Waals surface area contributed by atoms with Crippen LogP contribution >= 0.6 is 0 Å². The molecule has 0 aliphatic heterocycles. The molecule has 0 heterocycles. The smallest absolute Gasteiger partial charge is 0.119 e. The minimum atomic E-state index is -0.513. The second-order valence-corrected chi connectivity index (χ2v) is 6.14. The summed E-state index contributed by atoms with van der Waals surface area (Å²) in [6.45, 7) is 10.7. The van der Waals surface area contributed by atoms with E-state index in [4.69, 9.17) is 14.2 Å². The largest absolute Gasteiger partial charge is 0.491 e. The molecular weight excluding hydrogens is 360 g/mol. The average Bonchev–Trinajstić information content (AvgIpc) is 2.51. The Morgan fingerprint density at radius 2 is 1.71 bits per heavy atom. The maximum atomic E-state index is 9.80. The Kier molecular flexibility index (Phi) is 13.4. The maximum absolute atomic E-state index is 9.80. The molecule has 0 spiro atoms. The summed E-state index contributed by atoms with van der Waals surface area (Å²) >= 11 is 0. The first-order valence-corrected chi connectivity index (χ1v) is 8.30. The van der Waals surface area contributed by atoms with Crippen molar-refractivity contribution in [1.29, 1.82) is 0 Å². The van der Waals surface area contributed by atoms with Gasteiger partial charge in [-0.15, -0.1) is 0 Å². The van der Waals surface area contributed by atoms with E-state index in [9.17, 15) is 5.11 Å². The van der Waals surface area contributed by atoms with Crippen molar-refractivity contribution < 1.29 is 38.8 Å². The Labute approximate surface area is 158 Å². The summed E-state index contributed by atoms with van der Waals surface area (Å²) in [6, 6.07) is 8.09. The van der Waals surface area contributed by atoms with E-state index >= 15 is 0 Å². The van der Waals surface area contributed by atoms with Crippen LogP contribution in [0.1, 0.15) is 33.3 Å². The summed E-state index contributed by atoms with van der Waals surface area (Å²) in [7, 11) is 0. The third-order valence-corrected chi connectivity index (χ3v) is 3.08. The molecule has 1 rings (SSSR count). The van der Waals surface area contributed by atoms with Crippen molar-refractivity contribution in [2.45, 2.75) is 52.6 Å². The molecule has 0 saturated heterocycles. The van der Waals surface area contributed by atoms with Crippen molar-refractivity contribution in [2.75, 3.05) is 26.4 Å². The maximum Gasteiger partial charge on any atom is 0.119 e. The zero-order valence-electron chi connectivity index (χ0n) is 15.5. The standard InChI is InChI=1S/C18H31NO4.Zn/c1-14(2)19-11-17(20)13-23-18-7-5-16(6-8-18)12-21-9-10-22-15(3)4;/h5-8,14-15,17,19-20H,9-13H2,1-4H3;. The second-order valence-electron chi connectivity index (χ2n) is 6.14. The van der Waals surface area contributed by atoms with Crippen LogP contribution in [0.3, 0.4) is 0 Å². The van der Waals surface area contributed by atoms with Crippen molar-refractivity contribution >= 4 is 0 Å². The number of benzene rings is 1. The number of aliphatic hydroxyl groups is 1. The van der Waals surface area contributed by atoms with Gasteiger partial charge < -0.3 is 24.6 Å². The van der Waals surface area contributed by atoms with Crippen LogP contribution in [0.2, 0.25) is 0 Å². The van der Waals surface area contributed by atoms with Gasteiger partial charge in [-0.1, -0.05) is 26.0 Å². The van der Waals surface area contributed by atoms with Crippen LogP contribution in [0, 0.1) is 0 Å². The van der Waals surface area contributed by atoms with E-state index in [1.165, 1.54) is 0 Å². The quantitative estimate of drug-likeness (QED) is 0.424. The van der Waals surface area contributed by atoms with Crippen LogP contribution in [0.25, 0.3) is 0 Å². The molecule has 1 unspecified atom stereocenters. The van der Waals surface area contributed by atoms with E-state index < -0.39 is 6.10 Å². The van der Waals surface area contributed by atoms with Gasteiger partial charge in [0.05, 0.1) is 25.9 Å². The molecule has 0 saturated carbocycles. The van der Waals surface area contributed by atoms with Gasteiger partial charge in [-0.2, -0.15) is 0 Å². The van der Waals surface area contributed by atoms with Crippen molar-refractivity contribution in [1.82, 2.24) is 5.32 Å². The van der Waals surface area contributed by atoms with Gasteiger partial charge >= 0.3 is 0 Å². The van der Waals surface area contributed by atoms with E-state index in [2.05, 4.69) is 5.32 Å². The normalized spacial score (nSPS) is 12.3. The van der Waals surface area contributed by atoms with Gasteiger partial charge in [0.15, 0.2) is 0 Å². The van der Waals surface area contributed by atoms with Crippen LogP contribution in [0.15, 0.2) is 24.3 Å². The third-order valence-electron chi connectivity index (χ3n) is 3.08. The third kappa shape index (κ3) is 11.9. The van der Waals surface area contributed by atoms with E-state index in [1.807, 2.05) is 52.0 Å². The predicted octanol–water partition coefficient (Wildman–Crippen LogP) is 2.36. The van der Waals surface area contributed by atoms with E-state index in [-0.39, 0.29) is 32.2 Å². The Balaban J connectivity index is 0.00000529. The first-order chi connectivity index (χ1) is 11.0. The average molecular weight is 391 g/mol. The van der Waals surface area contributed by atoms with E-state index in [0.29, 0.717) is 32.4 Å². The first-order valence-electron chi connectivity index (χ1n) is 8.30. The monoisotopic (exact) mass is 389 g/mol. The Bertz CT molecular complexity index is 412. The minimum Gasteiger partial charge on any atom is -0.491 e. The molecule has 2 N–H and O–H groups in total. The fourth-order valence-corrected chi connectivity index (χ4v) is 1.84. The molecule has 134 valence electrons. The molecule has 0 aliphatic carbocycles. The number of hydrogen-bond acceptors (Lipinski definition) is 5. The van der Waals surface area contributed by atoms with Crippen LogP contribution in [-0.2, 0) is 35.6 Å². The topological polar surface area (TPSA) is 60.0 Å². The summed E-state index contributed by atoms with van der Waals surface area (Å²) in [6.07, 6.45) is -0.275. The predicted molar refractivity (Wildman–Crippen MR) is 91.8 cm³/mol. The minimum absolute atomic E-state index is 0. The summed E-state index contributed by atoms with van der Waals surface area (Å²) in [5.41, 5.74) is 1.09. The zero-order valence-corrected chi connectivity index (χ0v) is 18.4. The van der Waals surface area contributed by atoms with E-state index in [0.717, 1.165) is 11.3 Å². The molecule has 0 fully saturated rings. The first kappa shape index (κ1) is 23.5. The van der Waals surface area contributed by atoms with Crippen LogP contribution < -0.4 is 10.1 Å². The second kappa shape index (κ2) is 13.7. The van der Waals surface area contributed by atoms with Gasteiger partial charge in [0, 0.05) is 32.1 Å². The fraction of sp³-hybridized carbons (Fsp3) is 0.667. The van der Waals surface area contributed by atoms with Gasteiger partial charge in [0.1, 0.15) is 18.5 Å². The Morgan fingerprint density at radius 1 is 1.04 bits per heavy atom. The zero-order chi connectivity index (χ0) is 17.1. The molecule has 5 nitrogen and oxygen atoms in total. The van der Waals surface area contributed by atoms with Crippen molar-refractivity contribution in [2.24, 2.45) is 0 Å². The Hall–Kier alpha value is -0.517. The summed E-state index contributed by atoms with van der Waals surface area (Å²) in [5.74, 6) is 0.750. The molecule has 1 aromatic rings. The number of nitrogens with one attached hydrogen (secondary N) is 1. The van der Waals surface area contributed by atoms with Gasteiger partial charge in [0.2, 0.25) is 0 Å². The Morgan fingerprint density at radius 3 is 2.29 bits per heavy atom. The fourth-order valence-electron chi connectivity index (χ4n) is 1.84. The van der Waals surface area contributed by atoms with Crippen molar-refractivity contribution in [3.63, 3.8) is 0 Å². The molecule has 6 heteroatoms.